The van der Waals surface area contributed by atoms with Crippen LogP contribution in [-0.2, 0) is 4.79 Å². The summed E-state index contributed by atoms with van der Waals surface area (Å²) in [6.07, 6.45) is 2.61. The number of nitrogens with one attached hydrogen (secondary N) is 3. The highest BCUT2D eigenvalue weighted by Gasteiger charge is 2.26. The predicted octanol–water partition coefficient (Wildman–Crippen LogP) is 1.28. The Balaban J connectivity index is 1.88. The largest absolute Gasteiger partial charge is 0.488 e. The minimum Gasteiger partial charge on any atom is -0.488 e. The van der Waals surface area contributed by atoms with Gasteiger partial charge in [0.25, 0.3) is 5.91 Å². The molecular formula is C19H19FN6O3. The molecule has 3 aromatic rings. The molecular weight excluding hydrogens is 379 g/mol. The van der Waals surface area contributed by atoms with Gasteiger partial charge in [-0.2, -0.15) is 5.10 Å². The number of ether oxygens (including phenoxy) is 1. The zero-order valence-electron chi connectivity index (χ0n) is 15.8. The molecule has 0 spiro atoms. The van der Waals surface area contributed by atoms with E-state index in [9.17, 15) is 14.0 Å². The van der Waals surface area contributed by atoms with Gasteiger partial charge in [-0.05, 0) is 31.2 Å². The van der Waals surface area contributed by atoms with Gasteiger partial charge in [0, 0.05) is 18.8 Å². The molecule has 0 saturated carbocycles. The first-order valence-corrected chi connectivity index (χ1v) is 9.03. The lowest BCUT2D eigenvalue weighted by atomic mass is 10.0. The van der Waals surface area contributed by atoms with Gasteiger partial charge in [-0.15, -0.1) is 0 Å². The number of carbonyl (C=O) groups excluding carboxylic acids is 2. The van der Waals surface area contributed by atoms with E-state index in [1.165, 1.54) is 36.0 Å². The van der Waals surface area contributed by atoms with Gasteiger partial charge in [-0.3, -0.25) is 9.59 Å². The third kappa shape index (κ3) is 3.56. The Morgan fingerprint density at radius 1 is 1.38 bits per heavy atom. The minimum atomic E-state index is -0.969. The quantitative estimate of drug-likeness (QED) is 0.570. The highest BCUT2D eigenvalue weighted by atomic mass is 19.1. The average Bonchev–Trinajstić information content (AvgIpc) is 3.14. The maximum absolute atomic E-state index is 14.0. The second kappa shape index (κ2) is 7.38. The van der Waals surface area contributed by atoms with Crippen molar-refractivity contribution in [3.05, 3.63) is 53.6 Å². The highest BCUT2D eigenvalue weighted by molar-refractivity contribution is 5.99. The monoisotopic (exact) mass is 398 g/mol. The molecule has 2 amide bonds. The van der Waals surface area contributed by atoms with Crippen LogP contribution in [-0.4, -0.2) is 46.1 Å². The van der Waals surface area contributed by atoms with Gasteiger partial charge in [-0.25, -0.2) is 13.9 Å². The number of nitrogens with zero attached hydrogens (tertiary/aromatic N) is 3. The van der Waals surface area contributed by atoms with Crippen molar-refractivity contribution in [1.29, 1.82) is 0 Å². The summed E-state index contributed by atoms with van der Waals surface area (Å²) < 4.78 is 21.4. The van der Waals surface area contributed by atoms with Gasteiger partial charge in [0.15, 0.2) is 5.65 Å². The van der Waals surface area contributed by atoms with Crippen LogP contribution < -0.4 is 20.7 Å². The summed E-state index contributed by atoms with van der Waals surface area (Å²) in [6.45, 7) is 1.96. The predicted molar refractivity (Wildman–Crippen MR) is 102 cm³/mol. The summed E-state index contributed by atoms with van der Waals surface area (Å²) in [7, 11) is 1.49. The molecule has 1 aromatic carbocycles. The first kappa shape index (κ1) is 18.7. The number of carbonyl (C=O) groups is 2. The van der Waals surface area contributed by atoms with Crippen LogP contribution in [0.25, 0.3) is 5.65 Å². The van der Waals surface area contributed by atoms with Gasteiger partial charge in [0.05, 0.1) is 12.7 Å². The van der Waals surface area contributed by atoms with Crippen molar-refractivity contribution in [1.82, 2.24) is 25.2 Å². The van der Waals surface area contributed by atoms with Crippen LogP contribution in [0.3, 0.4) is 0 Å². The Kier molecular flexibility index (Phi) is 4.75. The van der Waals surface area contributed by atoms with Gasteiger partial charge in [-0.1, -0.05) is 0 Å². The summed E-state index contributed by atoms with van der Waals surface area (Å²) in [5, 5.41) is 12.5. The zero-order chi connectivity index (χ0) is 20.5. The summed E-state index contributed by atoms with van der Waals surface area (Å²) in [4.78, 5) is 29.6. The molecule has 9 nitrogen and oxygen atoms in total. The molecule has 1 unspecified atom stereocenters. The smallest absolute Gasteiger partial charge is 0.256 e. The van der Waals surface area contributed by atoms with E-state index in [1.54, 1.807) is 19.2 Å². The molecule has 2 bridgehead atoms. The molecule has 0 saturated heterocycles. The molecule has 3 N–H and O–H groups in total. The zero-order valence-corrected chi connectivity index (χ0v) is 15.8. The molecule has 2 aromatic heterocycles. The number of rotatable bonds is 1. The number of aromatic nitrogens is 3. The van der Waals surface area contributed by atoms with Crippen molar-refractivity contribution >= 4 is 23.3 Å². The van der Waals surface area contributed by atoms with Crippen LogP contribution in [0.5, 0.6) is 5.75 Å². The lowest BCUT2D eigenvalue weighted by molar-refractivity contribution is -0.121. The Bertz CT molecular complexity index is 1100. The molecule has 4 rings (SSSR count). The van der Waals surface area contributed by atoms with Crippen molar-refractivity contribution in [3.63, 3.8) is 0 Å². The fourth-order valence-corrected chi connectivity index (χ4v) is 3.13. The third-order valence-electron chi connectivity index (χ3n) is 4.58. The summed E-state index contributed by atoms with van der Waals surface area (Å²) in [6, 6.07) is 4.61. The van der Waals surface area contributed by atoms with Gasteiger partial charge in [0.2, 0.25) is 5.91 Å². The number of amides is 2. The molecule has 2 atom stereocenters. The van der Waals surface area contributed by atoms with Crippen LogP contribution in [0.2, 0.25) is 0 Å². The van der Waals surface area contributed by atoms with Crippen molar-refractivity contribution in [3.8, 4) is 5.75 Å². The summed E-state index contributed by atoms with van der Waals surface area (Å²) >= 11 is 0. The van der Waals surface area contributed by atoms with E-state index in [2.05, 4.69) is 26.0 Å². The lowest BCUT2D eigenvalue weighted by Gasteiger charge is -2.23. The van der Waals surface area contributed by atoms with Crippen LogP contribution in [0.1, 0.15) is 28.9 Å². The van der Waals surface area contributed by atoms with Crippen molar-refractivity contribution in [2.75, 3.05) is 18.9 Å². The number of halogens is 1. The molecule has 10 heteroatoms. The molecule has 150 valence electrons. The fourth-order valence-electron chi connectivity index (χ4n) is 3.13. The molecule has 1 aliphatic rings. The number of benzene rings is 1. The molecule has 1 aliphatic heterocycles. The highest BCUT2D eigenvalue weighted by Crippen LogP contribution is 2.30. The third-order valence-corrected chi connectivity index (χ3v) is 4.58. The summed E-state index contributed by atoms with van der Waals surface area (Å²) in [5.74, 6) is -0.593. The second-order valence-corrected chi connectivity index (χ2v) is 6.65. The molecule has 0 fully saturated rings. The minimum absolute atomic E-state index is 0.199. The summed E-state index contributed by atoms with van der Waals surface area (Å²) in [5.41, 5.74) is 0.938. The van der Waals surface area contributed by atoms with Gasteiger partial charge >= 0.3 is 0 Å². The lowest BCUT2D eigenvalue weighted by Crippen LogP contribution is -2.34. The average molecular weight is 398 g/mol. The van der Waals surface area contributed by atoms with Crippen molar-refractivity contribution in [2.24, 2.45) is 0 Å². The van der Waals surface area contributed by atoms with E-state index >= 15 is 0 Å². The Morgan fingerprint density at radius 2 is 2.21 bits per heavy atom. The van der Waals surface area contributed by atoms with E-state index in [-0.39, 0.29) is 12.5 Å². The second-order valence-electron chi connectivity index (χ2n) is 6.65. The van der Waals surface area contributed by atoms with Crippen LogP contribution in [0.15, 0.2) is 36.7 Å². The topological polar surface area (TPSA) is 110 Å². The fraction of sp³-hybridized carbons (Fsp3) is 0.263. The van der Waals surface area contributed by atoms with Crippen LogP contribution >= 0.6 is 0 Å². The number of fused-ring (bicyclic) bond motifs is 2. The first-order chi connectivity index (χ1) is 14.0. The van der Waals surface area contributed by atoms with E-state index in [0.717, 1.165) is 0 Å². The number of likely N-dealkylation sites (N-methyl/N-ethyl adjacent to an activating group) is 1. The van der Waals surface area contributed by atoms with Crippen molar-refractivity contribution < 1.29 is 18.7 Å². The number of hydrogen-bond acceptors (Lipinski definition) is 6. The molecule has 3 heterocycles. The van der Waals surface area contributed by atoms with Gasteiger partial charge in [0.1, 0.15) is 35.1 Å². The first-order valence-electron chi connectivity index (χ1n) is 9.03. The molecule has 29 heavy (non-hydrogen) atoms. The standard InChI is InChI=1S/C19H19FN6O3/c1-10-8-22-18(27)13-9-23-26-6-5-15(25-17(13)26)24-16(19(28)21-2)12-7-11(20)3-4-14(12)29-10/h3-7,9-10,16H,8H2,1-2H3,(H,21,28)(H,22,27)(H,24,25)/t10-,16?/m0/s1. The molecule has 0 aliphatic carbocycles. The Hall–Kier alpha value is -3.69. The van der Waals surface area contributed by atoms with E-state index in [4.69, 9.17) is 4.74 Å². The maximum atomic E-state index is 14.0. The van der Waals surface area contributed by atoms with E-state index < -0.39 is 23.9 Å². The Labute approximate surface area is 165 Å². The maximum Gasteiger partial charge on any atom is 0.256 e. The van der Waals surface area contributed by atoms with E-state index in [0.29, 0.717) is 28.3 Å². The van der Waals surface area contributed by atoms with E-state index in [1.807, 2.05) is 0 Å². The van der Waals surface area contributed by atoms with Crippen LogP contribution in [0, 0.1) is 5.82 Å². The molecule has 0 radical (unpaired) electrons. The normalized spacial score (nSPS) is 19.1. The van der Waals surface area contributed by atoms with Gasteiger partial charge < -0.3 is 20.7 Å². The SMILES string of the molecule is CNC(=O)C1Nc2ccn3ncc(c3n2)C(=O)NC[C@H](C)Oc2ccc(F)cc21. The number of anilines is 1. The van der Waals surface area contributed by atoms with Crippen molar-refractivity contribution in [2.45, 2.75) is 19.1 Å². The Morgan fingerprint density at radius 3 is 3.00 bits per heavy atom. The number of hydrogen-bond donors (Lipinski definition) is 3. The van der Waals surface area contributed by atoms with Crippen LogP contribution in [0.4, 0.5) is 10.2 Å².